The zero-order valence-corrected chi connectivity index (χ0v) is 12.1. The Bertz CT molecular complexity index is 680. The van der Waals surface area contributed by atoms with E-state index in [2.05, 4.69) is 11.4 Å². The minimum absolute atomic E-state index is 0.172. The summed E-state index contributed by atoms with van der Waals surface area (Å²) in [6, 6.07) is 11.1. The Labute approximate surface area is 126 Å². The minimum atomic E-state index is -0.379. The van der Waals surface area contributed by atoms with Crippen LogP contribution >= 0.6 is 23.2 Å². The molecule has 0 saturated heterocycles. The zero-order chi connectivity index (χ0) is 14.7. The number of nitrogens with zero attached hydrogens (tertiary/aromatic N) is 1. The van der Waals surface area contributed by atoms with E-state index in [9.17, 15) is 4.39 Å². The first-order valence-electron chi connectivity index (χ1n) is 5.92. The number of hydrogen-bond acceptors (Lipinski definition) is 2. The lowest BCUT2D eigenvalue weighted by molar-refractivity contribution is 0.626. The van der Waals surface area contributed by atoms with Crippen LogP contribution in [0.3, 0.4) is 0 Å². The third-order valence-electron chi connectivity index (χ3n) is 2.90. The highest BCUT2D eigenvalue weighted by molar-refractivity contribution is 6.33. The van der Waals surface area contributed by atoms with Crippen LogP contribution in [0, 0.1) is 17.1 Å². The third-order valence-corrected chi connectivity index (χ3v) is 3.55. The van der Waals surface area contributed by atoms with E-state index in [1.54, 1.807) is 24.3 Å². The van der Waals surface area contributed by atoms with Gasteiger partial charge >= 0.3 is 0 Å². The molecule has 0 aliphatic rings. The molecule has 0 radical (unpaired) electrons. The van der Waals surface area contributed by atoms with Crippen LogP contribution in [-0.4, -0.2) is 0 Å². The fraction of sp³-hybridized carbons (Fsp3) is 0.133. The maximum Gasteiger partial charge on any atom is 0.124 e. The van der Waals surface area contributed by atoms with Crippen molar-refractivity contribution in [1.82, 2.24) is 0 Å². The summed E-state index contributed by atoms with van der Waals surface area (Å²) < 4.78 is 13.0. The molecule has 0 aliphatic carbocycles. The van der Waals surface area contributed by atoms with Gasteiger partial charge in [-0.15, -0.1) is 0 Å². The van der Waals surface area contributed by atoms with Gasteiger partial charge in [0, 0.05) is 5.02 Å². The van der Waals surface area contributed by atoms with Crippen molar-refractivity contribution >= 4 is 28.9 Å². The van der Waals surface area contributed by atoms with E-state index < -0.39 is 0 Å². The van der Waals surface area contributed by atoms with Crippen LogP contribution in [0.2, 0.25) is 10.0 Å². The molecule has 2 rings (SSSR count). The second kappa shape index (κ2) is 6.13. The van der Waals surface area contributed by atoms with Crippen LogP contribution < -0.4 is 5.32 Å². The highest BCUT2D eigenvalue weighted by Gasteiger charge is 2.12. The van der Waals surface area contributed by atoms with Gasteiger partial charge in [0.1, 0.15) is 5.82 Å². The highest BCUT2D eigenvalue weighted by Crippen LogP contribution is 2.30. The van der Waals surface area contributed by atoms with Crippen molar-refractivity contribution in [3.8, 4) is 6.07 Å². The van der Waals surface area contributed by atoms with Crippen molar-refractivity contribution in [2.75, 3.05) is 5.32 Å². The lowest BCUT2D eigenvalue weighted by Crippen LogP contribution is -2.08. The van der Waals surface area contributed by atoms with Gasteiger partial charge in [-0.25, -0.2) is 4.39 Å². The highest BCUT2D eigenvalue weighted by atomic mass is 35.5. The van der Waals surface area contributed by atoms with Gasteiger partial charge in [0.2, 0.25) is 0 Å². The first-order valence-corrected chi connectivity index (χ1v) is 6.68. The molecule has 1 unspecified atom stereocenters. The van der Waals surface area contributed by atoms with Gasteiger partial charge in [-0.3, -0.25) is 0 Å². The Morgan fingerprint density at radius 3 is 2.55 bits per heavy atom. The molecule has 0 saturated carbocycles. The average molecular weight is 309 g/mol. The molecule has 1 N–H and O–H groups in total. The van der Waals surface area contributed by atoms with Crippen LogP contribution in [0.4, 0.5) is 10.1 Å². The molecule has 102 valence electrons. The molecular formula is C15H11Cl2FN2. The fourth-order valence-electron chi connectivity index (χ4n) is 1.87. The largest absolute Gasteiger partial charge is 0.377 e. The lowest BCUT2D eigenvalue weighted by Gasteiger charge is -2.18. The van der Waals surface area contributed by atoms with Gasteiger partial charge in [0.15, 0.2) is 0 Å². The van der Waals surface area contributed by atoms with Gasteiger partial charge in [-0.2, -0.15) is 5.26 Å². The number of rotatable bonds is 3. The summed E-state index contributed by atoms with van der Waals surface area (Å²) in [6.07, 6.45) is 0. The maximum absolute atomic E-state index is 13.0. The zero-order valence-electron chi connectivity index (χ0n) is 10.6. The van der Waals surface area contributed by atoms with Gasteiger partial charge < -0.3 is 5.32 Å². The molecule has 5 heteroatoms. The molecule has 0 heterocycles. The Morgan fingerprint density at radius 2 is 1.90 bits per heavy atom. The molecule has 0 aliphatic heterocycles. The van der Waals surface area contributed by atoms with E-state index in [4.69, 9.17) is 28.5 Å². The van der Waals surface area contributed by atoms with Crippen LogP contribution in [0.25, 0.3) is 0 Å². The predicted octanol–water partition coefficient (Wildman–Crippen LogP) is 5.18. The van der Waals surface area contributed by atoms with Gasteiger partial charge in [-0.05, 0) is 42.8 Å². The van der Waals surface area contributed by atoms with Crippen LogP contribution in [-0.2, 0) is 0 Å². The molecule has 0 fully saturated rings. The van der Waals surface area contributed by atoms with Crippen molar-refractivity contribution in [2.24, 2.45) is 0 Å². The molecule has 0 spiro atoms. The molecule has 2 aromatic carbocycles. The normalized spacial score (nSPS) is 11.8. The second-order valence-corrected chi connectivity index (χ2v) is 5.15. The average Bonchev–Trinajstić information content (AvgIpc) is 2.41. The van der Waals surface area contributed by atoms with Crippen molar-refractivity contribution in [3.05, 3.63) is 63.4 Å². The van der Waals surface area contributed by atoms with E-state index >= 15 is 0 Å². The summed E-state index contributed by atoms with van der Waals surface area (Å²) in [6.45, 7) is 1.88. The number of halogens is 3. The summed E-state index contributed by atoms with van der Waals surface area (Å²) in [5, 5.41) is 12.9. The van der Waals surface area contributed by atoms with Crippen LogP contribution in [0.5, 0.6) is 0 Å². The van der Waals surface area contributed by atoms with Crippen LogP contribution in [0.1, 0.15) is 24.1 Å². The number of nitriles is 1. The summed E-state index contributed by atoms with van der Waals surface area (Å²) in [4.78, 5) is 0. The summed E-state index contributed by atoms with van der Waals surface area (Å²) in [5.74, 6) is -0.379. The van der Waals surface area contributed by atoms with E-state index in [0.29, 0.717) is 21.3 Å². The topological polar surface area (TPSA) is 35.8 Å². The first-order chi connectivity index (χ1) is 9.51. The van der Waals surface area contributed by atoms with Crippen molar-refractivity contribution < 1.29 is 4.39 Å². The lowest BCUT2D eigenvalue weighted by atomic mass is 10.1. The van der Waals surface area contributed by atoms with E-state index in [0.717, 1.165) is 5.56 Å². The summed E-state index contributed by atoms with van der Waals surface area (Å²) in [7, 11) is 0. The fourth-order valence-corrected chi connectivity index (χ4v) is 2.37. The summed E-state index contributed by atoms with van der Waals surface area (Å²) >= 11 is 12.1. The van der Waals surface area contributed by atoms with Crippen LogP contribution in [0.15, 0.2) is 36.4 Å². The molecule has 20 heavy (non-hydrogen) atoms. The Morgan fingerprint density at radius 1 is 1.15 bits per heavy atom. The Kier molecular flexibility index (Phi) is 4.49. The standard InChI is InChI=1S/C15H11Cl2FN2/c1-9(12-4-3-11(18)7-14(12)17)20-15-6-10(8-19)2-5-13(15)16/h2-7,9,20H,1H3. The maximum atomic E-state index is 13.0. The smallest absolute Gasteiger partial charge is 0.124 e. The number of nitrogens with one attached hydrogen (secondary N) is 1. The van der Waals surface area contributed by atoms with Gasteiger partial charge in [0.05, 0.1) is 28.4 Å². The van der Waals surface area contributed by atoms with E-state index in [-0.39, 0.29) is 11.9 Å². The van der Waals surface area contributed by atoms with Crippen molar-refractivity contribution in [2.45, 2.75) is 13.0 Å². The quantitative estimate of drug-likeness (QED) is 0.848. The minimum Gasteiger partial charge on any atom is -0.377 e. The molecular weight excluding hydrogens is 298 g/mol. The predicted molar refractivity (Wildman–Crippen MR) is 79.6 cm³/mol. The monoisotopic (exact) mass is 308 g/mol. The molecule has 1 atom stereocenters. The third kappa shape index (κ3) is 3.22. The van der Waals surface area contributed by atoms with E-state index in [1.807, 2.05) is 6.92 Å². The van der Waals surface area contributed by atoms with Gasteiger partial charge in [0.25, 0.3) is 0 Å². The SMILES string of the molecule is CC(Nc1cc(C#N)ccc1Cl)c1ccc(F)cc1Cl. The van der Waals surface area contributed by atoms with Crippen molar-refractivity contribution in [1.29, 1.82) is 5.26 Å². The van der Waals surface area contributed by atoms with E-state index in [1.165, 1.54) is 12.1 Å². The Balaban J connectivity index is 2.27. The Hall–Kier alpha value is -1.76. The number of hydrogen-bond donors (Lipinski definition) is 1. The molecule has 0 bridgehead atoms. The molecule has 2 nitrogen and oxygen atoms in total. The first kappa shape index (κ1) is 14.6. The second-order valence-electron chi connectivity index (χ2n) is 4.34. The molecule has 2 aromatic rings. The molecule has 0 amide bonds. The number of anilines is 1. The molecule has 0 aromatic heterocycles. The summed E-state index contributed by atoms with van der Waals surface area (Å²) in [5.41, 5.74) is 1.90. The number of benzene rings is 2. The van der Waals surface area contributed by atoms with Crippen molar-refractivity contribution in [3.63, 3.8) is 0 Å². The van der Waals surface area contributed by atoms with Gasteiger partial charge in [-0.1, -0.05) is 29.3 Å².